The van der Waals surface area contributed by atoms with Gasteiger partial charge >= 0.3 is 0 Å². The van der Waals surface area contributed by atoms with E-state index in [0.717, 1.165) is 42.4 Å². The van der Waals surface area contributed by atoms with Crippen LogP contribution >= 0.6 is 11.3 Å². The van der Waals surface area contributed by atoms with E-state index in [4.69, 9.17) is 4.42 Å². The van der Waals surface area contributed by atoms with Gasteiger partial charge in [-0.3, -0.25) is 4.90 Å². The molecule has 18 heavy (non-hydrogen) atoms. The second-order valence-electron chi connectivity index (χ2n) is 4.68. The summed E-state index contributed by atoms with van der Waals surface area (Å²) in [5, 5.41) is 6.60. The molecule has 3 rings (SSSR count). The zero-order valence-corrected chi connectivity index (χ0v) is 11.2. The first kappa shape index (κ1) is 11.9. The Bertz CT molecular complexity index is 494. The van der Waals surface area contributed by atoms with Gasteiger partial charge in [-0.15, -0.1) is 11.3 Å². The first-order chi connectivity index (χ1) is 8.83. The van der Waals surface area contributed by atoms with Gasteiger partial charge in [0.25, 0.3) is 0 Å². The van der Waals surface area contributed by atoms with Crippen molar-refractivity contribution in [3.63, 3.8) is 0 Å². The second kappa shape index (κ2) is 5.22. The molecule has 0 aromatic carbocycles. The van der Waals surface area contributed by atoms with E-state index in [0.29, 0.717) is 6.04 Å². The van der Waals surface area contributed by atoms with Crippen molar-refractivity contribution >= 4 is 11.3 Å². The number of hydrogen-bond acceptors (Lipinski definition) is 5. The molecule has 0 radical (unpaired) electrons. The van der Waals surface area contributed by atoms with Gasteiger partial charge < -0.3 is 9.73 Å². The molecule has 0 aliphatic carbocycles. The zero-order chi connectivity index (χ0) is 12.4. The highest BCUT2D eigenvalue weighted by molar-refractivity contribution is 7.13. The van der Waals surface area contributed by atoms with Crippen molar-refractivity contribution in [1.29, 1.82) is 0 Å². The Kier molecular flexibility index (Phi) is 3.45. The fourth-order valence-corrected chi connectivity index (χ4v) is 3.02. The van der Waals surface area contributed by atoms with Gasteiger partial charge in [0.2, 0.25) is 0 Å². The molecule has 5 heteroatoms. The van der Waals surface area contributed by atoms with Crippen LogP contribution in [0.25, 0.3) is 10.6 Å². The van der Waals surface area contributed by atoms with E-state index in [1.165, 1.54) is 0 Å². The summed E-state index contributed by atoms with van der Waals surface area (Å²) in [6.07, 6.45) is 3.44. The maximum absolute atomic E-state index is 5.09. The molecule has 0 spiro atoms. The number of hydrogen-bond donors (Lipinski definition) is 1. The molecule has 2 aromatic heterocycles. The highest BCUT2D eigenvalue weighted by Gasteiger charge is 2.19. The molecule has 1 aliphatic heterocycles. The van der Waals surface area contributed by atoms with Crippen molar-refractivity contribution in [1.82, 2.24) is 15.2 Å². The van der Waals surface area contributed by atoms with Gasteiger partial charge in [-0.2, -0.15) is 0 Å². The molecule has 0 unspecified atom stereocenters. The standard InChI is InChI=1S/C13H17N3OS/c1-10-6-14-3-4-16(10)7-12-9-18-13(15-12)11-2-5-17-8-11/h2,5,8-10,14H,3-4,6-7H2,1H3/t10-/m0/s1. The molecule has 1 aliphatic rings. The fraction of sp³-hybridized carbons (Fsp3) is 0.462. The number of nitrogens with zero attached hydrogens (tertiary/aromatic N) is 2. The number of thiazole rings is 1. The molecular formula is C13H17N3OS. The molecule has 96 valence electrons. The van der Waals surface area contributed by atoms with Gasteiger partial charge in [-0.05, 0) is 13.0 Å². The molecule has 1 saturated heterocycles. The van der Waals surface area contributed by atoms with Crippen molar-refractivity contribution in [2.45, 2.75) is 19.5 Å². The summed E-state index contributed by atoms with van der Waals surface area (Å²) in [7, 11) is 0. The Morgan fingerprint density at radius 3 is 3.33 bits per heavy atom. The maximum Gasteiger partial charge on any atom is 0.126 e. The van der Waals surface area contributed by atoms with Gasteiger partial charge in [0.15, 0.2) is 0 Å². The summed E-state index contributed by atoms with van der Waals surface area (Å²) in [5.41, 5.74) is 2.23. The minimum absolute atomic E-state index is 0.581. The SMILES string of the molecule is C[C@H]1CNCCN1Cc1csc(-c2ccoc2)n1. The van der Waals surface area contributed by atoms with Crippen LogP contribution in [0.2, 0.25) is 0 Å². The lowest BCUT2D eigenvalue weighted by molar-refractivity contribution is 0.164. The minimum atomic E-state index is 0.581. The molecule has 4 nitrogen and oxygen atoms in total. The largest absolute Gasteiger partial charge is 0.472 e. The fourth-order valence-electron chi connectivity index (χ4n) is 2.22. The summed E-state index contributed by atoms with van der Waals surface area (Å²) >= 11 is 1.68. The Labute approximate surface area is 111 Å². The lowest BCUT2D eigenvalue weighted by atomic mass is 10.2. The summed E-state index contributed by atoms with van der Waals surface area (Å²) in [4.78, 5) is 7.15. The summed E-state index contributed by atoms with van der Waals surface area (Å²) in [6, 6.07) is 2.54. The van der Waals surface area contributed by atoms with Crippen molar-refractivity contribution in [2.24, 2.45) is 0 Å². The lowest BCUT2D eigenvalue weighted by Gasteiger charge is -2.33. The number of rotatable bonds is 3. The predicted octanol–water partition coefficient (Wildman–Crippen LogP) is 2.20. The van der Waals surface area contributed by atoms with Gasteiger partial charge in [0.1, 0.15) is 11.3 Å². The maximum atomic E-state index is 5.09. The van der Waals surface area contributed by atoms with Crippen molar-refractivity contribution in [3.05, 3.63) is 29.7 Å². The molecule has 2 aromatic rings. The highest BCUT2D eigenvalue weighted by atomic mass is 32.1. The van der Waals surface area contributed by atoms with E-state index in [2.05, 4.69) is 27.5 Å². The number of nitrogens with one attached hydrogen (secondary N) is 1. The van der Waals surface area contributed by atoms with E-state index in [1.54, 1.807) is 23.9 Å². The van der Waals surface area contributed by atoms with Crippen LogP contribution in [0.4, 0.5) is 0 Å². The molecule has 1 fully saturated rings. The molecular weight excluding hydrogens is 246 g/mol. The van der Waals surface area contributed by atoms with E-state index in [-0.39, 0.29) is 0 Å². The Morgan fingerprint density at radius 2 is 2.56 bits per heavy atom. The van der Waals surface area contributed by atoms with E-state index >= 15 is 0 Å². The van der Waals surface area contributed by atoms with Crippen LogP contribution in [-0.2, 0) is 6.54 Å². The molecule has 1 atom stereocenters. The van der Waals surface area contributed by atoms with Crippen LogP contribution in [0.5, 0.6) is 0 Å². The van der Waals surface area contributed by atoms with Gasteiger partial charge in [-0.25, -0.2) is 4.98 Å². The van der Waals surface area contributed by atoms with Crippen molar-refractivity contribution in [3.8, 4) is 10.6 Å². The lowest BCUT2D eigenvalue weighted by Crippen LogP contribution is -2.49. The average molecular weight is 263 g/mol. The Balaban J connectivity index is 1.70. The smallest absolute Gasteiger partial charge is 0.126 e. The van der Waals surface area contributed by atoms with Crippen LogP contribution < -0.4 is 5.32 Å². The summed E-state index contributed by atoms with van der Waals surface area (Å²) < 4.78 is 5.09. The van der Waals surface area contributed by atoms with Crippen LogP contribution in [-0.4, -0.2) is 35.6 Å². The van der Waals surface area contributed by atoms with Crippen LogP contribution in [0.1, 0.15) is 12.6 Å². The minimum Gasteiger partial charge on any atom is -0.472 e. The number of furan rings is 1. The Morgan fingerprint density at radius 1 is 1.61 bits per heavy atom. The Hall–Kier alpha value is -1.17. The third-order valence-corrected chi connectivity index (χ3v) is 4.26. The van der Waals surface area contributed by atoms with E-state index in [1.807, 2.05) is 6.07 Å². The third-order valence-electron chi connectivity index (χ3n) is 3.32. The summed E-state index contributed by atoms with van der Waals surface area (Å²) in [6.45, 7) is 6.44. The average Bonchev–Trinajstić information content (AvgIpc) is 3.02. The van der Waals surface area contributed by atoms with Crippen LogP contribution in [0.3, 0.4) is 0 Å². The van der Waals surface area contributed by atoms with Gasteiger partial charge in [-0.1, -0.05) is 0 Å². The molecule has 1 N–H and O–H groups in total. The zero-order valence-electron chi connectivity index (χ0n) is 10.4. The van der Waals surface area contributed by atoms with Gasteiger partial charge in [0, 0.05) is 43.2 Å². The van der Waals surface area contributed by atoms with Crippen LogP contribution in [0.15, 0.2) is 28.4 Å². The van der Waals surface area contributed by atoms with Crippen molar-refractivity contribution in [2.75, 3.05) is 19.6 Å². The third kappa shape index (κ3) is 2.48. The number of piperazine rings is 1. The second-order valence-corrected chi connectivity index (χ2v) is 5.54. The predicted molar refractivity (Wildman–Crippen MR) is 72.6 cm³/mol. The molecule has 0 amide bonds. The molecule has 0 saturated carbocycles. The first-order valence-electron chi connectivity index (χ1n) is 6.24. The molecule has 3 heterocycles. The topological polar surface area (TPSA) is 41.3 Å². The quantitative estimate of drug-likeness (QED) is 0.921. The van der Waals surface area contributed by atoms with Gasteiger partial charge in [0.05, 0.1) is 12.0 Å². The van der Waals surface area contributed by atoms with Crippen LogP contribution in [0, 0.1) is 0 Å². The van der Waals surface area contributed by atoms with Crippen molar-refractivity contribution < 1.29 is 4.42 Å². The highest BCUT2D eigenvalue weighted by Crippen LogP contribution is 2.24. The van der Waals surface area contributed by atoms with E-state index in [9.17, 15) is 0 Å². The normalized spacial score (nSPS) is 21.3. The number of aromatic nitrogens is 1. The molecule has 0 bridgehead atoms. The summed E-state index contributed by atoms with van der Waals surface area (Å²) in [5.74, 6) is 0. The monoisotopic (exact) mass is 263 g/mol. The first-order valence-corrected chi connectivity index (χ1v) is 7.12. The van der Waals surface area contributed by atoms with E-state index < -0.39 is 0 Å².